The highest BCUT2D eigenvalue weighted by atomic mass is 16.5. The molecule has 1 N–H and O–H groups in total. The van der Waals surface area contributed by atoms with Crippen LogP contribution in [0.4, 0.5) is 0 Å². The zero-order chi connectivity index (χ0) is 17.9. The van der Waals surface area contributed by atoms with E-state index in [1.165, 1.54) is 19.0 Å². The summed E-state index contributed by atoms with van der Waals surface area (Å²) in [4.78, 5) is 35.6. The molecule has 0 aromatic heterocycles. The molecule has 0 unspecified atom stereocenters. The molecular weight excluding hydrogens is 312 g/mol. The van der Waals surface area contributed by atoms with Gasteiger partial charge >= 0.3 is 5.97 Å². The molecule has 0 saturated carbocycles. The molecule has 7 heteroatoms. The summed E-state index contributed by atoms with van der Waals surface area (Å²) in [7, 11) is 2.96. The molecule has 1 aromatic carbocycles. The Morgan fingerprint density at radius 1 is 1.17 bits per heavy atom. The molecule has 0 fully saturated rings. The fraction of sp³-hybridized carbons (Fsp3) is 0.471. The largest absolute Gasteiger partial charge is 0.494 e. The van der Waals surface area contributed by atoms with Gasteiger partial charge in [-0.15, -0.1) is 0 Å². The van der Waals surface area contributed by atoms with Crippen LogP contribution < -0.4 is 10.1 Å². The maximum Gasteiger partial charge on any atom is 0.306 e. The van der Waals surface area contributed by atoms with E-state index in [4.69, 9.17) is 9.47 Å². The van der Waals surface area contributed by atoms with E-state index in [9.17, 15) is 14.4 Å². The van der Waals surface area contributed by atoms with E-state index in [-0.39, 0.29) is 25.5 Å². The van der Waals surface area contributed by atoms with Gasteiger partial charge in [-0.3, -0.25) is 14.4 Å². The Bertz CT molecular complexity index is 557. The van der Waals surface area contributed by atoms with Crippen molar-refractivity contribution in [3.63, 3.8) is 0 Å². The highest BCUT2D eigenvalue weighted by Gasteiger charge is 2.14. The van der Waals surface area contributed by atoms with Crippen LogP contribution in [0.15, 0.2) is 24.3 Å². The molecule has 1 rings (SSSR count). The van der Waals surface area contributed by atoms with Crippen molar-refractivity contribution in [2.75, 3.05) is 33.9 Å². The van der Waals surface area contributed by atoms with Crippen molar-refractivity contribution < 1.29 is 23.9 Å². The van der Waals surface area contributed by atoms with Gasteiger partial charge in [-0.2, -0.15) is 0 Å². The molecule has 1 aromatic rings. The maximum atomic E-state index is 11.7. The molecular formula is C17H24N2O5. The van der Waals surface area contributed by atoms with Crippen molar-refractivity contribution in [1.82, 2.24) is 10.2 Å². The molecule has 0 aliphatic rings. The lowest BCUT2D eigenvalue weighted by Crippen LogP contribution is -2.39. The summed E-state index contributed by atoms with van der Waals surface area (Å²) in [6.45, 7) is 1.94. The molecule has 0 aliphatic carbocycles. The van der Waals surface area contributed by atoms with Gasteiger partial charge < -0.3 is 19.7 Å². The third-order valence-electron chi connectivity index (χ3n) is 3.26. The second-order valence-electron chi connectivity index (χ2n) is 5.35. The normalized spacial score (nSPS) is 9.96. The monoisotopic (exact) mass is 336 g/mol. The number of ether oxygens (including phenoxy) is 2. The SMILES string of the molecule is CNC(=O)CN(C)C(=O)COC(=O)CCCOc1ccc(C)cc1. The summed E-state index contributed by atoms with van der Waals surface area (Å²) in [6.07, 6.45) is 0.660. The molecule has 0 spiro atoms. The zero-order valence-electron chi connectivity index (χ0n) is 14.3. The minimum Gasteiger partial charge on any atom is -0.494 e. The average molecular weight is 336 g/mol. The second kappa shape index (κ2) is 10.3. The number of aryl methyl sites for hydroxylation is 1. The first-order valence-corrected chi connectivity index (χ1v) is 7.72. The van der Waals surface area contributed by atoms with E-state index in [1.54, 1.807) is 0 Å². The van der Waals surface area contributed by atoms with Gasteiger partial charge in [0.05, 0.1) is 13.2 Å². The second-order valence-corrected chi connectivity index (χ2v) is 5.35. The van der Waals surface area contributed by atoms with Crippen molar-refractivity contribution in [3.8, 4) is 5.75 Å². The number of carbonyl (C=O) groups is 3. The Balaban J connectivity index is 2.16. The standard InChI is InChI=1S/C17H24N2O5/c1-13-6-8-14(9-7-13)23-10-4-5-17(22)24-12-16(21)19(3)11-15(20)18-2/h6-9H,4-5,10-12H2,1-3H3,(H,18,20). The number of benzene rings is 1. The number of esters is 1. The molecule has 7 nitrogen and oxygen atoms in total. The van der Waals surface area contributed by atoms with Crippen LogP contribution in [0.5, 0.6) is 5.75 Å². The van der Waals surface area contributed by atoms with Crippen LogP contribution in [0.2, 0.25) is 0 Å². The molecule has 0 aliphatic heterocycles. The fourth-order valence-corrected chi connectivity index (χ4v) is 1.75. The van der Waals surface area contributed by atoms with E-state index in [0.29, 0.717) is 13.0 Å². The van der Waals surface area contributed by atoms with E-state index in [1.807, 2.05) is 31.2 Å². The summed E-state index contributed by atoms with van der Waals surface area (Å²) in [5.41, 5.74) is 1.15. The lowest BCUT2D eigenvalue weighted by molar-refractivity contribution is -0.152. The number of likely N-dealkylation sites (N-methyl/N-ethyl adjacent to an activating group) is 2. The third kappa shape index (κ3) is 7.62. The van der Waals surface area contributed by atoms with Gasteiger partial charge in [-0.05, 0) is 25.5 Å². The van der Waals surface area contributed by atoms with Crippen LogP contribution in [0.3, 0.4) is 0 Å². The average Bonchev–Trinajstić information content (AvgIpc) is 2.57. The van der Waals surface area contributed by atoms with Crippen LogP contribution in [-0.2, 0) is 19.1 Å². The first-order valence-electron chi connectivity index (χ1n) is 7.72. The summed E-state index contributed by atoms with van der Waals surface area (Å²) >= 11 is 0. The van der Waals surface area contributed by atoms with E-state index < -0.39 is 11.9 Å². The van der Waals surface area contributed by atoms with Crippen LogP contribution in [0, 0.1) is 6.92 Å². The van der Waals surface area contributed by atoms with Crippen LogP contribution in [-0.4, -0.2) is 56.5 Å². The van der Waals surface area contributed by atoms with Crippen molar-refractivity contribution in [2.45, 2.75) is 19.8 Å². The Morgan fingerprint density at radius 2 is 1.83 bits per heavy atom. The van der Waals surface area contributed by atoms with Gasteiger partial charge in [0.1, 0.15) is 5.75 Å². The lowest BCUT2D eigenvalue weighted by atomic mass is 10.2. The predicted molar refractivity (Wildman–Crippen MR) is 88.6 cm³/mol. The van der Waals surface area contributed by atoms with Crippen LogP contribution >= 0.6 is 0 Å². The quantitative estimate of drug-likeness (QED) is 0.535. The maximum absolute atomic E-state index is 11.7. The van der Waals surface area contributed by atoms with Gasteiger partial charge in [-0.1, -0.05) is 17.7 Å². The van der Waals surface area contributed by atoms with Gasteiger partial charge in [0.2, 0.25) is 5.91 Å². The Kier molecular flexibility index (Phi) is 8.32. The van der Waals surface area contributed by atoms with Gasteiger partial charge in [0.15, 0.2) is 6.61 Å². The van der Waals surface area contributed by atoms with E-state index in [0.717, 1.165) is 11.3 Å². The number of amides is 2. The molecule has 0 bridgehead atoms. The smallest absolute Gasteiger partial charge is 0.306 e. The highest BCUT2D eigenvalue weighted by molar-refractivity contribution is 5.86. The summed E-state index contributed by atoms with van der Waals surface area (Å²) in [6, 6.07) is 7.64. The third-order valence-corrected chi connectivity index (χ3v) is 3.26. The Morgan fingerprint density at radius 3 is 2.46 bits per heavy atom. The molecule has 2 amide bonds. The van der Waals surface area contributed by atoms with E-state index >= 15 is 0 Å². The van der Waals surface area contributed by atoms with Crippen LogP contribution in [0.25, 0.3) is 0 Å². The predicted octanol–water partition coefficient (Wildman–Crippen LogP) is 0.902. The van der Waals surface area contributed by atoms with Gasteiger partial charge in [0, 0.05) is 20.5 Å². The number of nitrogens with zero attached hydrogens (tertiary/aromatic N) is 1. The van der Waals surface area contributed by atoms with Gasteiger partial charge in [-0.25, -0.2) is 0 Å². The fourth-order valence-electron chi connectivity index (χ4n) is 1.75. The highest BCUT2D eigenvalue weighted by Crippen LogP contribution is 2.11. The molecule has 0 saturated heterocycles. The molecule has 132 valence electrons. The summed E-state index contributed by atoms with van der Waals surface area (Å²) < 4.78 is 10.4. The molecule has 0 radical (unpaired) electrons. The van der Waals surface area contributed by atoms with Crippen LogP contribution in [0.1, 0.15) is 18.4 Å². The van der Waals surface area contributed by atoms with Crippen molar-refractivity contribution in [1.29, 1.82) is 0 Å². The first-order chi connectivity index (χ1) is 11.4. The van der Waals surface area contributed by atoms with E-state index in [2.05, 4.69) is 5.32 Å². The Hall–Kier alpha value is -2.57. The summed E-state index contributed by atoms with van der Waals surface area (Å²) in [5.74, 6) is -0.433. The van der Waals surface area contributed by atoms with Crippen molar-refractivity contribution in [2.24, 2.45) is 0 Å². The molecule has 0 heterocycles. The zero-order valence-corrected chi connectivity index (χ0v) is 14.3. The lowest BCUT2D eigenvalue weighted by Gasteiger charge is -2.15. The number of hydrogen-bond donors (Lipinski definition) is 1. The first kappa shape index (κ1) is 19.5. The van der Waals surface area contributed by atoms with Crippen molar-refractivity contribution in [3.05, 3.63) is 29.8 Å². The summed E-state index contributed by atoms with van der Waals surface area (Å²) in [5, 5.41) is 2.41. The molecule has 0 atom stereocenters. The number of hydrogen-bond acceptors (Lipinski definition) is 5. The minimum atomic E-state index is -0.468. The minimum absolute atomic E-state index is 0.0721. The van der Waals surface area contributed by atoms with Gasteiger partial charge in [0.25, 0.3) is 5.91 Å². The van der Waals surface area contributed by atoms with Crippen molar-refractivity contribution >= 4 is 17.8 Å². The molecule has 24 heavy (non-hydrogen) atoms. The number of carbonyl (C=O) groups excluding carboxylic acids is 3. The topological polar surface area (TPSA) is 84.9 Å². The number of nitrogens with one attached hydrogen (secondary N) is 1. The number of rotatable bonds is 9. The Labute approximate surface area is 141 Å².